The average molecular weight is 362 g/mol. The van der Waals surface area contributed by atoms with Crippen molar-refractivity contribution < 1.29 is 13.9 Å². The van der Waals surface area contributed by atoms with Crippen LogP contribution in [0, 0.1) is 12.7 Å². The summed E-state index contributed by atoms with van der Waals surface area (Å²) in [7, 11) is 0. The van der Waals surface area contributed by atoms with Crippen LogP contribution in [-0.4, -0.2) is 12.5 Å². The molecule has 0 saturated heterocycles. The summed E-state index contributed by atoms with van der Waals surface area (Å²) >= 11 is 3.40. The lowest BCUT2D eigenvalue weighted by molar-refractivity contribution is -0.113. The van der Waals surface area contributed by atoms with Crippen LogP contribution < -0.4 is 10.1 Å². The van der Waals surface area contributed by atoms with E-state index in [1.54, 1.807) is 19.1 Å². The number of rotatable bonds is 2. The van der Waals surface area contributed by atoms with Crippen molar-refractivity contribution in [2.75, 3.05) is 11.9 Å². The Morgan fingerprint density at radius 2 is 2.09 bits per heavy atom. The number of hydrogen-bond acceptors (Lipinski definition) is 2. The minimum Gasteiger partial charge on any atom is -0.488 e. The van der Waals surface area contributed by atoms with Crippen molar-refractivity contribution in [2.24, 2.45) is 0 Å². The van der Waals surface area contributed by atoms with Gasteiger partial charge in [0.1, 0.15) is 18.2 Å². The SMILES string of the molecule is Cc1cc(F)ccc1NC(=O)C1=Cc2cc(Br)ccc2OC1. The van der Waals surface area contributed by atoms with Crippen LogP contribution in [0.3, 0.4) is 0 Å². The third-order valence-corrected chi connectivity index (χ3v) is 3.91. The van der Waals surface area contributed by atoms with Crippen LogP contribution in [0.25, 0.3) is 6.08 Å². The molecule has 1 aliphatic rings. The smallest absolute Gasteiger partial charge is 0.255 e. The molecule has 112 valence electrons. The van der Waals surface area contributed by atoms with E-state index in [0.29, 0.717) is 16.8 Å². The van der Waals surface area contributed by atoms with Crippen LogP contribution >= 0.6 is 15.9 Å². The van der Waals surface area contributed by atoms with Gasteiger partial charge in [-0.1, -0.05) is 15.9 Å². The van der Waals surface area contributed by atoms with Crippen molar-refractivity contribution in [1.29, 1.82) is 0 Å². The molecule has 1 amide bonds. The molecule has 2 aromatic rings. The quantitative estimate of drug-likeness (QED) is 0.865. The molecule has 0 unspecified atom stereocenters. The van der Waals surface area contributed by atoms with E-state index in [9.17, 15) is 9.18 Å². The Morgan fingerprint density at radius 1 is 1.27 bits per heavy atom. The molecule has 1 heterocycles. The molecule has 5 heteroatoms. The van der Waals surface area contributed by atoms with Gasteiger partial charge in [0.25, 0.3) is 5.91 Å². The van der Waals surface area contributed by atoms with Gasteiger partial charge in [-0.25, -0.2) is 4.39 Å². The van der Waals surface area contributed by atoms with Crippen LogP contribution in [0.2, 0.25) is 0 Å². The summed E-state index contributed by atoms with van der Waals surface area (Å²) in [4.78, 5) is 12.3. The van der Waals surface area contributed by atoms with Crippen molar-refractivity contribution in [3.8, 4) is 5.75 Å². The summed E-state index contributed by atoms with van der Waals surface area (Å²) in [6, 6.07) is 9.89. The molecular weight excluding hydrogens is 349 g/mol. The molecule has 22 heavy (non-hydrogen) atoms. The first-order chi connectivity index (χ1) is 10.5. The van der Waals surface area contributed by atoms with Crippen molar-refractivity contribution in [3.63, 3.8) is 0 Å². The van der Waals surface area contributed by atoms with Gasteiger partial charge in [-0.05, 0) is 55.0 Å². The number of aryl methyl sites for hydroxylation is 1. The van der Waals surface area contributed by atoms with E-state index in [0.717, 1.165) is 15.8 Å². The van der Waals surface area contributed by atoms with Gasteiger partial charge < -0.3 is 10.1 Å². The lowest BCUT2D eigenvalue weighted by Crippen LogP contribution is -2.21. The second kappa shape index (κ2) is 5.93. The van der Waals surface area contributed by atoms with Crippen LogP contribution in [0.5, 0.6) is 5.75 Å². The van der Waals surface area contributed by atoms with E-state index in [4.69, 9.17) is 4.74 Å². The Morgan fingerprint density at radius 3 is 2.86 bits per heavy atom. The van der Waals surface area contributed by atoms with Crippen molar-refractivity contribution in [2.45, 2.75) is 6.92 Å². The van der Waals surface area contributed by atoms with Crippen LogP contribution in [0.4, 0.5) is 10.1 Å². The van der Waals surface area contributed by atoms with E-state index >= 15 is 0 Å². The summed E-state index contributed by atoms with van der Waals surface area (Å²) in [6.45, 7) is 1.96. The van der Waals surface area contributed by atoms with Crippen molar-refractivity contribution in [1.82, 2.24) is 0 Å². The van der Waals surface area contributed by atoms with Crippen LogP contribution in [0.15, 0.2) is 46.4 Å². The minimum absolute atomic E-state index is 0.209. The zero-order valence-corrected chi connectivity index (χ0v) is 13.4. The van der Waals surface area contributed by atoms with Crippen molar-refractivity contribution >= 4 is 33.6 Å². The average Bonchev–Trinajstić information content (AvgIpc) is 2.49. The molecule has 0 aromatic heterocycles. The van der Waals surface area contributed by atoms with Gasteiger partial charge in [0.05, 0.1) is 5.57 Å². The molecule has 3 rings (SSSR count). The highest BCUT2D eigenvalue weighted by atomic mass is 79.9. The molecule has 1 aliphatic heterocycles. The monoisotopic (exact) mass is 361 g/mol. The number of anilines is 1. The Hall–Kier alpha value is -2.14. The van der Waals surface area contributed by atoms with Gasteiger partial charge in [0.2, 0.25) is 0 Å². The molecule has 2 aromatic carbocycles. The number of fused-ring (bicyclic) bond motifs is 1. The molecular formula is C17H13BrFNO2. The van der Waals surface area contributed by atoms with Gasteiger partial charge in [0, 0.05) is 15.7 Å². The fourth-order valence-corrected chi connectivity index (χ4v) is 2.63. The third kappa shape index (κ3) is 3.04. The van der Waals surface area contributed by atoms with Gasteiger partial charge in [0.15, 0.2) is 0 Å². The number of hydrogen-bond donors (Lipinski definition) is 1. The predicted octanol–water partition coefficient (Wildman–Crippen LogP) is 4.31. The summed E-state index contributed by atoms with van der Waals surface area (Å²) in [5.74, 6) is 0.174. The topological polar surface area (TPSA) is 38.3 Å². The van der Waals surface area contributed by atoms with Crippen LogP contribution in [0.1, 0.15) is 11.1 Å². The summed E-state index contributed by atoms with van der Waals surface area (Å²) in [6.07, 6.45) is 1.80. The fourth-order valence-electron chi connectivity index (χ4n) is 2.25. The number of carbonyl (C=O) groups is 1. The van der Waals surface area contributed by atoms with Gasteiger partial charge >= 0.3 is 0 Å². The van der Waals surface area contributed by atoms with E-state index in [-0.39, 0.29) is 18.3 Å². The Kier molecular flexibility index (Phi) is 3.98. The fraction of sp³-hybridized carbons (Fsp3) is 0.118. The number of carbonyl (C=O) groups excluding carboxylic acids is 1. The lowest BCUT2D eigenvalue weighted by Gasteiger charge is -2.18. The first kappa shape index (κ1) is 14.8. The number of amides is 1. The van der Waals surface area contributed by atoms with E-state index < -0.39 is 0 Å². The summed E-state index contributed by atoms with van der Waals surface area (Å²) in [5, 5.41) is 2.79. The Bertz CT molecular complexity index is 786. The third-order valence-electron chi connectivity index (χ3n) is 3.41. The Labute approximate surface area is 135 Å². The van der Waals surface area contributed by atoms with Crippen molar-refractivity contribution in [3.05, 3.63) is 63.4 Å². The van der Waals surface area contributed by atoms with Crippen LogP contribution in [-0.2, 0) is 4.79 Å². The highest BCUT2D eigenvalue weighted by Gasteiger charge is 2.18. The van der Waals surface area contributed by atoms with E-state index in [2.05, 4.69) is 21.2 Å². The molecule has 0 bridgehead atoms. The molecule has 3 nitrogen and oxygen atoms in total. The summed E-state index contributed by atoms with van der Waals surface area (Å²) < 4.78 is 19.6. The first-order valence-corrected chi connectivity index (χ1v) is 7.52. The lowest BCUT2D eigenvalue weighted by atomic mass is 10.1. The normalized spacial score (nSPS) is 13.0. The van der Waals surface area contributed by atoms with E-state index in [1.807, 2.05) is 18.2 Å². The molecule has 1 N–H and O–H groups in total. The largest absolute Gasteiger partial charge is 0.488 e. The van der Waals surface area contributed by atoms with Gasteiger partial charge in [-0.2, -0.15) is 0 Å². The molecule has 0 fully saturated rings. The highest BCUT2D eigenvalue weighted by Crippen LogP contribution is 2.29. The maximum Gasteiger partial charge on any atom is 0.255 e. The molecule has 0 spiro atoms. The zero-order chi connectivity index (χ0) is 15.7. The molecule has 0 atom stereocenters. The Balaban J connectivity index is 1.84. The number of halogens is 2. The maximum absolute atomic E-state index is 13.1. The van der Waals surface area contributed by atoms with E-state index in [1.165, 1.54) is 12.1 Å². The molecule has 0 saturated carbocycles. The molecule has 0 aliphatic carbocycles. The second-order valence-electron chi connectivity index (χ2n) is 5.05. The highest BCUT2D eigenvalue weighted by molar-refractivity contribution is 9.10. The molecule has 0 radical (unpaired) electrons. The minimum atomic E-state index is -0.325. The van der Waals surface area contributed by atoms with Gasteiger partial charge in [-0.15, -0.1) is 0 Å². The first-order valence-electron chi connectivity index (χ1n) is 6.73. The zero-order valence-electron chi connectivity index (χ0n) is 11.8. The second-order valence-corrected chi connectivity index (χ2v) is 5.97. The van der Waals surface area contributed by atoms with Gasteiger partial charge in [-0.3, -0.25) is 4.79 Å². The maximum atomic E-state index is 13.1. The summed E-state index contributed by atoms with van der Waals surface area (Å²) in [5.41, 5.74) is 2.64. The number of benzene rings is 2. The number of ether oxygens (including phenoxy) is 1. The number of nitrogens with one attached hydrogen (secondary N) is 1. The standard InChI is InChI=1S/C17H13BrFNO2/c1-10-6-14(19)3-4-15(10)20-17(21)12-7-11-8-13(18)2-5-16(11)22-9-12/h2-8H,9H2,1H3,(H,20,21). The predicted molar refractivity (Wildman–Crippen MR) is 87.4 cm³/mol.